The second kappa shape index (κ2) is 3.85. The van der Waals surface area contributed by atoms with Gasteiger partial charge in [-0.3, -0.25) is 9.59 Å². The smallest absolute Gasteiger partial charge is 0.243 e. The van der Waals surface area contributed by atoms with Crippen LogP contribution in [0.2, 0.25) is 0 Å². The van der Waals surface area contributed by atoms with Gasteiger partial charge in [0.1, 0.15) is 6.04 Å². The van der Waals surface area contributed by atoms with Crippen molar-refractivity contribution in [3.8, 4) is 0 Å². The number of nitrogens with zero attached hydrogens (tertiary/aromatic N) is 2. The zero-order chi connectivity index (χ0) is 13.9. The Labute approximate surface area is 116 Å². The highest BCUT2D eigenvalue weighted by molar-refractivity contribution is 5.96. The molecule has 1 aromatic carbocycles. The van der Waals surface area contributed by atoms with Crippen molar-refractivity contribution < 1.29 is 9.59 Å². The molecule has 1 fully saturated rings. The fourth-order valence-electron chi connectivity index (χ4n) is 3.41. The number of para-hydroxylation sites is 1. The number of amides is 2. The molecule has 5 heteroatoms. The molecule has 0 bridgehead atoms. The van der Waals surface area contributed by atoms with Crippen molar-refractivity contribution in [1.82, 2.24) is 14.8 Å². The maximum atomic E-state index is 12.0. The summed E-state index contributed by atoms with van der Waals surface area (Å²) >= 11 is 0. The zero-order valence-electron chi connectivity index (χ0n) is 11.2. The van der Waals surface area contributed by atoms with Crippen LogP contribution in [0.5, 0.6) is 0 Å². The molecule has 1 aromatic heterocycles. The van der Waals surface area contributed by atoms with Crippen LogP contribution in [-0.4, -0.2) is 33.9 Å². The third kappa shape index (κ3) is 1.37. The summed E-state index contributed by atoms with van der Waals surface area (Å²) < 4.78 is 2.14. The molecular formula is C15H15N3O2. The molecule has 2 aromatic rings. The summed E-state index contributed by atoms with van der Waals surface area (Å²) in [6.45, 7) is 0.645. The number of fused-ring (bicyclic) bond motifs is 4. The second-order valence-corrected chi connectivity index (χ2v) is 5.46. The standard InChI is InChI=1S/C15H15N3O2/c1-17-11-5-3-2-4-9(11)10-6-12-15(20)16-7-14(19)18(12)8-13(10)17/h2-5,12H,6-8H2,1H3,(H,16,20). The van der Waals surface area contributed by atoms with Gasteiger partial charge in [0, 0.05) is 30.1 Å². The summed E-state index contributed by atoms with van der Waals surface area (Å²) in [4.78, 5) is 25.7. The van der Waals surface area contributed by atoms with Crippen molar-refractivity contribution in [1.29, 1.82) is 0 Å². The summed E-state index contributed by atoms with van der Waals surface area (Å²) in [6.07, 6.45) is 0.605. The van der Waals surface area contributed by atoms with E-state index in [1.807, 2.05) is 19.2 Å². The average molecular weight is 269 g/mol. The first-order chi connectivity index (χ1) is 9.66. The molecule has 1 unspecified atom stereocenters. The predicted octanol–water partition coefficient (Wildman–Crippen LogP) is 0.561. The highest BCUT2D eigenvalue weighted by Crippen LogP contribution is 2.33. The number of aromatic nitrogens is 1. The van der Waals surface area contributed by atoms with E-state index in [1.54, 1.807) is 4.90 Å². The van der Waals surface area contributed by atoms with E-state index in [1.165, 1.54) is 10.9 Å². The Hall–Kier alpha value is -2.30. The van der Waals surface area contributed by atoms with Crippen LogP contribution in [0.1, 0.15) is 11.3 Å². The number of carbonyl (C=O) groups is 2. The summed E-state index contributed by atoms with van der Waals surface area (Å²) in [5.41, 5.74) is 3.50. The third-order valence-corrected chi connectivity index (χ3v) is 4.47. The molecule has 5 nitrogen and oxygen atoms in total. The highest BCUT2D eigenvalue weighted by atomic mass is 16.2. The van der Waals surface area contributed by atoms with Crippen LogP contribution >= 0.6 is 0 Å². The lowest BCUT2D eigenvalue weighted by Crippen LogP contribution is -2.60. The average Bonchev–Trinajstić information content (AvgIpc) is 2.76. The molecule has 0 radical (unpaired) electrons. The van der Waals surface area contributed by atoms with Gasteiger partial charge < -0.3 is 14.8 Å². The van der Waals surface area contributed by atoms with Gasteiger partial charge in [0.05, 0.1) is 13.1 Å². The molecule has 2 aliphatic heterocycles. The number of rotatable bonds is 0. The quantitative estimate of drug-likeness (QED) is 0.760. The molecule has 2 aliphatic rings. The first kappa shape index (κ1) is 11.5. The highest BCUT2D eigenvalue weighted by Gasteiger charge is 2.39. The van der Waals surface area contributed by atoms with Gasteiger partial charge in [0.2, 0.25) is 11.8 Å². The number of aryl methyl sites for hydroxylation is 1. The van der Waals surface area contributed by atoms with Crippen molar-refractivity contribution >= 4 is 22.7 Å². The minimum absolute atomic E-state index is 0.00510. The molecule has 3 heterocycles. The van der Waals surface area contributed by atoms with Gasteiger partial charge in [-0.05, 0) is 11.6 Å². The van der Waals surface area contributed by atoms with Gasteiger partial charge in [-0.25, -0.2) is 0 Å². The van der Waals surface area contributed by atoms with E-state index in [2.05, 4.69) is 22.0 Å². The number of piperazine rings is 1. The van der Waals surface area contributed by atoms with Gasteiger partial charge in [-0.15, -0.1) is 0 Å². The lowest BCUT2D eigenvalue weighted by atomic mass is 9.94. The number of benzene rings is 1. The van der Waals surface area contributed by atoms with Crippen molar-refractivity contribution in [3.05, 3.63) is 35.5 Å². The van der Waals surface area contributed by atoms with Crippen LogP contribution in [0, 0.1) is 0 Å². The van der Waals surface area contributed by atoms with Crippen molar-refractivity contribution in [2.75, 3.05) is 6.54 Å². The Balaban J connectivity index is 1.91. The molecule has 1 N–H and O–H groups in total. The van der Waals surface area contributed by atoms with E-state index in [9.17, 15) is 9.59 Å². The first-order valence-corrected chi connectivity index (χ1v) is 6.79. The Morgan fingerprint density at radius 2 is 2.05 bits per heavy atom. The van der Waals surface area contributed by atoms with Crippen LogP contribution in [-0.2, 0) is 29.6 Å². The second-order valence-electron chi connectivity index (χ2n) is 5.46. The minimum Gasteiger partial charge on any atom is -0.346 e. The van der Waals surface area contributed by atoms with E-state index in [4.69, 9.17) is 0 Å². The summed E-state index contributed by atoms with van der Waals surface area (Å²) in [7, 11) is 2.02. The van der Waals surface area contributed by atoms with Crippen LogP contribution in [0.4, 0.5) is 0 Å². The molecule has 1 atom stereocenters. The molecular weight excluding hydrogens is 254 g/mol. The van der Waals surface area contributed by atoms with Crippen LogP contribution < -0.4 is 5.32 Å². The number of hydrogen-bond acceptors (Lipinski definition) is 2. The van der Waals surface area contributed by atoms with E-state index >= 15 is 0 Å². The van der Waals surface area contributed by atoms with Crippen LogP contribution in [0.15, 0.2) is 24.3 Å². The van der Waals surface area contributed by atoms with E-state index in [0.717, 1.165) is 11.2 Å². The van der Waals surface area contributed by atoms with Gasteiger partial charge in [0.15, 0.2) is 0 Å². The van der Waals surface area contributed by atoms with E-state index < -0.39 is 0 Å². The number of hydrogen-bond donors (Lipinski definition) is 1. The van der Waals surface area contributed by atoms with Crippen molar-refractivity contribution in [2.45, 2.75) is 19.0 Å². The molecule has 2 amide bonds. The monoisotopic (exact) mass is 269 g/mol. The maximum Gasteiger partial charge on any atom is 0.243 e. The largest absolute Gasteiger partial charge is 0.346 e. The van der Waals surface area contributed by atoms with E-state index in [0.29, 0.717) is 13.0 Å². The SMILES string of the molecule is Cn1c2c(c3ccccc31)CC1C(=O)NCC(=O)N1C2. The molecule has 1 saturated heterocycles. The summed E-state index contributed by atoms with van der Waals surface area (Å²) in [5, 5.41) is 3.87. The predicted molar refractivity (Wildman–Crippen MR) is 74.0 cm³/mol. The minimum atomic E-state index is -0.352. The normalized spacial score (nSPS) is 21.6. The van der Waals surface area contributed by atoms with Crippen molar-refractivity contribution in [3.63, 3.8) is 0 Å². The van der Waals surface area contributed by atoms with Gasteiger partial charge in [-0.1, -0.05) is 18.2 Å². The van der Waals surface area contributed by atoms with Crippen molar-refractivity contribution in [2.24, 2.45) is 7.05 Å². The Bertz CT molecular complexity index is 747. The summed E-state index contributed by atoms with van der Waals surface area (Å²) in [5.74, 6) is -0.0336. The van der Waals surface area contributed by atoms with Gasteiger partial charge >= 0.3 is 0 Å². The Morgan fingerprint density at radius 1 is 1.25 bits per heavy atom. The van der Waals surface area contributed by atoms with E-state index in [-0.39, 0.29) is 24.4 Å². The summed E-state index contributed by atoms with van der Waals surface area (Å²) in [6, 6.07) is 7.84. The topological polar surface area (TPSA) is 54.3 Å². The van der Waals surface area contributed by atoms with Crippen LogP contribution in [0.3, 0.4) is 0 Å². The Kier molecular flexibility index (Phi) is 2.22. The number of carbonyl (C=O) groups excluding carboxylic acids is 2. The molecule has 4 rings (SSSR count). The molecule has 0 spiro atoms. The lowest BCUT2D eigenvalue weighted by Gasteiger charge is -2.38. The molecule has 102 valence electrons. The third-order valence-electron chi connectivity index (χ3n) is 4.47. The zero-order valence-corrected chi connectivity index (χ0v) is 11.2. The fraction of sp³-hybridized carbons (Fsp3) is 0.333. The molecule has 0 aliphatic carbocycles. The number of nitrogens with one attached hydrogen (secondary N) is 1. The molecule has 0 saturated carbocycles. The Morgan fingerprint density at radius 3 is 2.90 bits per heavy atom. The first-order valence-electron chi connectivity index (χ1n) is 6.79. The van der Waals surface area contributed by atoms with Gasteiger partial charge in [-0.2, -0.15) is 0 Å². The van der Waals surface area contributed by atoms with Gasteiger partial charge in [0.25, 0.3) is 0 Å². The fourth-order valence-corrected chi connectivity index (χ4v) is 3.41. The van der Waals surface area contributed by atoms with Crippen LogP contribution in [0.25, 0.3) is 10.9 Å². The lowest BCUT2D eigenvalue weighted by molar-refractivity contribution is -0.146. The maximum absolute atomic E-state index is 12.0. The molecule has 20 heavy (non-hydrogen) atoms.